The smallest absolute Gasteiger partial charge is 0.299 e. The van der Waals surface area contributed by atoms with Crippen molar-refractivity contribution in [3.63, 3.8) is 0 Å². The van der Waals surface area contributed by atoms with Gasteiger partial charge in [-0.1, -0.05) is 25.0 Å². The summed E-state index contributed by atoms with van der Waals surface area (Å²) in [5.74, 6) is 0.413. The van der Waals surface area contributed by atoms with Crippen molar-refractivity contribution in [2.75, 3.05) is 20.1 Å². The van der Waals surface area contributed by atoms with E-state index < -0.39 is 17.4 Å². The van der Waals surface area contributed by atoms with E-state index in [2.05, 4.69) is 15.1 Å². The zero-order valence-corrected chi connectivity index (χ0v) is 23.3. The second kappa shape index (κ2) is 9.93. The molecule has 1 radical (unpaired) electrons. The Kier molecular flexibility index (Phi) is 6.44. The molecule has 0 bridgehead atoms. The Bertz CT molecular complexity index is 1580. The molecule has 1 spiro atoms. The highest BCUT2D eigenvalue weighted by Crippen LogP contribution is 2.49. The summed E-state index contributed by atoms with van der Waals surface area (Å²) in [4.78, 5) is 15.9. The van der Waals surface area contributed by atoms with Gasteiger partial charge in [-0.3, -0.25) is 13.9 Å². The number of nitrogens with zero attached hydrogens (tertiary/aromatic N) is 6. The van der Waals surface area contributed by atoms with E-state index in [0.717, 1.165) is 56.9 Å². The lowest BCUT2D eigenvalue weighted by Crippen LogP contribution is -2.43. The SMILES string of the molecule is C[N+]1=CN=N[C]1[C@@H](c1cccc(-n2cc3c(C(F)(F)F)cc(CN4CCC5(CCC5)CC4)cn3c2=O)c1)C1CCC1. The lowest BCUT2D eigenvalue weighted by molar-refractivity contribution is -0.480. The number of hydrogen-bond donors (Lipinski definition) is 0. The van der Waals surface area contributed by atoms with Gasteiger partial charge >= 0.3 is 24.4 Å². The minimum atomic E-state index is -4.58. The molecule has 1 atom stereocenters. The van der Waals surface area contributed by atoms with Crippen molar-refractivity contribution in [2.45, 2.75) is 70.0 Å². The maximum absolute atomic E-state index is 14.3. The fraction of sp³-hybridized carbons (Fsp3) is 0.516. The zero-order valence-electron chi connectivity index (χ0n) is 23.3. The Morgan fingerprint density at radius 2 is 1.85 bits per heavy atom. The monoisotopic (exact) mass is 564 g/mol. The van der Waals surface area contributed by atoms with Crippen LogP contribution in [-0.4, -0.2) is 44.9 Å². The van der Waals surface area contributed by atoms with E-state index in [-0.39, 0.29) is 11.4 Å². The molecule has 0 amide bonds. The maximum Gasteiger partial charge on any atom is 0.418 e. The van der Waals surface area contributed by atoms with Crippen molar-refractivity contribution in [3.8, 4) is 5.69 Å². The largest absolute Gasteiger partial charge is 0.418 e. The van der Waals surface area contributed by atoms with Gasteiger partial charge in [-0.25, -0.2) is 9.37 Å². The van der Waals surface area contributed by atoms with Gasteiger partial charge in [-0.05, 0) is 97.4 Å². The minimum absolute atomic E-state index is 0.00453. The second-order valence-electron chi connectivity index (χ2n) is 12.5. The van der Waals surface area contributed by atoms with Crippen molar-refractivity contribution in [1.29, 1.82) is 0 Å². The topological polar surface area (TPSA) is 57.4 Å². The molecular weight excluding hydrogens is 529 g/mol. The Morgan fingerprint density at radius 3 is 2.46 bits per heavy atom. The Balaban J connectivity index is 1.24. The first kappa shape index (κ1) is 26.6. The van der Waals surface area contributed by atoms with Gasteiger partial charge in [0.05, 0.1) is 34.8 Å². The Morgan fingerprint density at radius 1 is 1.07 bits per heavy atom. The first-order valence-corrected chi connectivity index (χ1v) is 14.7. The quantitative estimate of drug-likeness (QED) is 0.326. The van der Waals surface area contributed by atoms with Crippen molar-refractivity contribution in [3.05, 3.63) is 76.1 Å². The molecule has 41 heavy (non-hydrogen) atoms. The summed E-state index contributed by atoms with van der Waals surface area (Å²) in [6, 6.07) is 8.79. The lowest BCUT2D eigenvalue weighted by Gasteiger charge is -2.48. The molecule has 0 N–H and O–H groups in total. The molecule has 0 unspecified atom stereocenters. The first-order valence-electron chi connectivity index (χ1n) is 14.7. The first-order chi connectivity index (χ1) is 19.7. The van der Waals surface area contributed by atoms with E-state index in [4.69, 9.17) is 0 Å². The van der Waals surface area contributed by atoms with Gasteiger partial charge < -0.3 is 0 Å². The molecule has 215 valence electrons. The molecule has 1 aromatic carbocycles. The highest BCUT2D eigenvalue weighted by molar-refractivity contribution is 5.58. The number of aromatic nitrogens is 2. The van der Waals surface area contributed by atoms with Crippen LogP contribution in [0.3, 0.4) is 0 Å². The fourth-order valence-electron chi connectivity index (χ4n) is 7.21. The summed E-state index contributed by atoms with van der Waals surface area (Å²) in [6.07, 6.45) is 10.2. The number of benzene rings is 1. The molecule has 2 aliphatic heterocycles. The van der Waals surface area contributed by atoms with Gasteiger partial charge in [0, 0.05) is 18.9 Å². The number of halogens is 3. The molecule has 2 aliphatic carbocycles. The van der Waals surface area contributed by atoms with Crippen LogP contribution in [0.2, 0.25) is 0 Å². The third-order valence-electron chi connectivity index (χ3n) is 10.0. The normalized spacial score (nSPS) is 22.2. The van der Waals surface area contributed by atoms with Crippen molar-refractivity contribution in [1.82, 2.24) is 13.9 Å². The zero-order chi connectivity index (χ0) is 28.4. The van der Waals surface area contributed by atoms with Crippen LogP contribution in [0.1, 0.15) is 74.0 Å². The maximum atomic E-state index is 14.3. The van der Waals surface area contributed by atoms with E-state index in [0.29, 0.717) is 29.1 Å². The number of likely N-dealkylation sites (tertiary alicyclic amines) is 1. The number of imidazole rings is 1. The third kappa shape index (κ3) is 4.73. The number of fused-ring (bicyclic) bond motifs is 1. The van der Waals surface area contributed by atoms with Crippen LogP contribution in [0.25, 0.3) is 11.2 Å². The number of alkyl halides is 3. The number of likely N-dealkylation sites (N-methyl/N-ethyl adjacent to an activating group) is 1. The summed E-state index contributed by atoms with van der Waals surface area (Å²) in [5, 5.41) is 8.45. The summed E-state index contributed by atoms with van der Waals surface area (Å²) in [5.41, 5.74) is 1.08. The number of hydrogen-bond acceptors (Lipinski definition) is 4. The minimum Gasteiger partial charge on any atom is -0.299 e. The average molecular weight is 565 g/mol. The van der Waals surface area contributed by atoms with E-state index in [9.17, 15) is 18.0 Å². The number of piperidine rings is 1. The molecule has 7 rings (SSSR count). The van der Waals surface area contributed by atoms with E-state index >= 15 is 0 Å². The van der Waals surface area contributed by atoms with Gasteiger partial charge in [0.1, 0.15) is 0 Å². The highest BCUT2D eigenvalue weighted by atomic mass is 19.4. The number of rotatable bonds is 6. The van der Waals surface area contributed by atoms with Crippen LogP contribution in [0.4, 0.5) is 13.2 Å². The van der Waals surface area contributed by atoms with Crippen LogP contribution in [0.15, 0.2) is 57.7 Å². The van der Waals surface area contributed by atoms with Crippen LogP contribution < -0.4 is 5.69 Å². The molecule has 10 heteroatoms. The molecule has 3 aromatic rings. The predicted molar refractivity (Wildman–Crippen MR) is 149 cm³/mol. The molecule has 1 saturated heterocycles. The van der Waals surface area contributed by atoms with E-state index in [1.165, 1.54) is 40.5 Å². The van der Waals surface area contributed by atoms with Gasteiger partial charge in [0.15, 0.2) is 0 Å². The van der Waals surface area contributed by atoms with Gasteiger partial charge in [-0.2, -0.15) is 13.2 Å². The second-order valence-corrected chi connectivity index (χ2v) is 12.5. The molecule has 4 aliphatic rings. The van der Waals surface area contributed by atoms with Crippen molar-refractivity contribution < 1.29 is 17.7 Å². The standard InChI is InChI=1S/C31H35F3N6O/c1-37-20-35-36-28(37)27(22-5-2-6-22)23-7-3-8-24(16-23)39-19-26-25(31(32,33)34)15-21(18-40(26)29(39)41)17-38-13-11-30(12-14-38)9-4-10-30/h3,7-8,15-16,18-20,22,27H,2,4-6,9-14,17H2,1H3/q+1/t27-/m1/s1. The molecule has 3 fully saturated rings. The van der Waals surface area contributed by atoms with Crippen LogP contribution in [0, 0.1) is 17.5 Å². The third-order valence-corrected chi connectivity index (χ3v) is 10.0. The Labute approximate surface area is 237 Å². The van der Waals surface area contributed by atoms with Crippen molar-refractivity contribution in [2.24, 2.45) is 21.6 Å². The number of pyridine rings is 1. The predicted octanol–water partition coefficient (Wildman–Crippen LogP) is 6.38. The van der Waals surface area contributed by atoms with Gasteiger partial charge in [0.25, 0.3) is 0 Å². The highest BCUT2D eigenvalue weighted by Gasteiger charge is 2.43. The van der Waals surface area contributed by atoms with Crippen LogP contribution in [0.5, 0.6) is 0 Å². The average Bonchev–Trinajstić information content (AvgIpc) is 3.47. The molecule has 2 aromatic heterocycles. The van der Waals surface area contributed by atoms with Crippen LogP contribution in [-0.2, 0) is 12.7 Å². The lowest BCUT2D eigenvalue weighted by atomic mass is 9.63. The van der Waals surface area contributed by atoms with Crippen LogP contribution >= 0.6 is 0 Å². The van der Waals surface area contributed by atoms with Gasteiger partial charge in [0.2, 0.25) is 0 Å². The molecule has 7 nitrogen and oxygen atoms in total. The summed E-state index contributed by atoms with van der Waals surface area (Å²) < 4.78 is 47.4. The molecule has 2 saturated carbocycles. The molecular formula is C31H35F3N6O+. The van der Waals surface area contributed by atoms with Gasteiger partial charge in [-0.15, -0.1) is 0 Å². The fourth-order valence-corrected chi connectivity index (χ4v) is 7.21. The summed E-state index contributed by atoms with van der Waals surface area (Å²) in [6.45, 7) is 2.18. The van der Waals surface area contributed by atoms with E-state index in [1.807, 2.05) is 29.8 Å². The number of azo groups is 1. The van der Waals surface area contributed by atoms with Crippen molar-refractivity contribution >= 4 is 11.9 Å². The summed E-state index contributed by atoms with van der Waals surface area (Å²) >= 11 is 0. The summed E-state index contributed by atoms with van der Waals surface area (Å²) in [7, 11) is 1.92. The molecule has 4 heterocycles. The Hall–Kier alpha value is -3.27. The van der Waals surface area contributed by atoms with E-state index in [1.54, 1.807) is 18.6 Å².